The van der Waals surface area contributed by atoms with Gasteiger partial charge in [-0.3, -0.25) is 4.79 Å². The van der Waals surface area contributed by atoms with Crippen molar-refractivity contribution >= 4 is 18.0 Å². The maximum Gasteiger partial charge on any atom is 0.326 e. The van der Waals surface area contributed by atoms with Gasteiger partial charge in [0.25, 0.3) is 0 Å². The molecule has 0 saturated carbocycles. The maximum atomic E-state index is 12.0. The summed E-state index contributed by atoms with van der Waals surface area (Å²) in [6.07, 6.45) is 1.67. The van der Waals surface area contributed by atoms with Gasteiger partial charge >= 0.3 is 18.0 Å². The van der Waals surface area contributed by atoms with Crippen LogP contribution in [0.15, 0.2) is 0 Å². The largest absolute Gasteiger partial charge is 0.481 e. The van der Waals surface area contributed by atoms with Gasteiger partial charge in [-0.05, 0) is 32.9 Å². The number of carbonyl (C=O) groups excluding carboxylic acids is 1. The van der Waals surface area contributed by atoms with Crippen molar-refractivity contribution in [3.63, 3.8) is 0 Å². The number of likely N-dealkylation sites (N-methyl/N-ethyl adjacent to an activating group) is 2. The Labute approximate surface area is 123 Å². The summed E-state index contributed by atoms with van der Waals surface area (Å²) in [6.45, 7) is 1.52. The predicted octanol–water partition coefficient (Wildman–Crippen LogP) is 0.0400. The lowest BCUT2D eigenvalue weighted by Crippen LogP contribution is -2.49. The van der Waals surface area contributed by atoms with Crippen molar-refractivity contribution in [2.45, 2.75) is 37.8 Å². The number of carboxylic acids is 2. The lowest BCUT2D eigenvalue weighted by molar-refractivity contribution is -0.140. The van der Waals surface area contributed by atoms with Crippen molar-refractivity contribution in [2.24, 2.45) is 0 Å². The molecule has 0 aromatic rings. The van der Waals surface area contributed by atoms with E-state index < -0.39 is 24.0 Å². The van der Waals surface area contributed by atoms with E-state index in [1.165, 1.54) is 4.90 Å². The van der Waals surface area contributed by atoms with E-state index in [-0.39, 0.29) is 18.9 Å². The number of amides is 2. The molecule has 3 N–H and O–H groups in total. The highest BCUT2D eigenvalue weighted by atomic mass is 16.4. The van der Waals surface area contributed by atoms with Gasteiger partial charge in [-0.1, -0.05) is 0 Å². The molecule has 0 bridgehead atoms. The summed E-state index contributed by atoms with van der Waals surface area (Å²) in [4.78, 5) is 37.1. The summed E-state index contributed by atoms with van der Waals surface area (Å²) in [5.74, 6) is -2.31. The van der Waals surface area contributed by atoms with Crippen LogP contribution in [0.5, 0.6) is 0 Å². The van der Waals surface area contributed by atoms with Crippen LogP contribution >= 0.6 is 0 Å². The van der Waals surface area contributed by atoms with Gasteiger partial charge < -0.3 is 25.3 Å². The summed E-state index contributed by atoms with van der Waals surface area (Å²) in [5.41, 5.74) is 0. The predicted molar refractivity (Wildman–Crippen MR) is 75.1 cm³/mol. The molecule has 0 aromatic carbocycles. The van der Waals surface area contributed by atoms with Crippen LogP contribution in [-0.2, 0) is 9.59 Å². The topological polar surface area (TPSA) is 110 Å². The Morgan fingerprint density at radius 2 is 2.05 bits per heavy atom. The monoisotopic (exact) mass is 301 g/mol. The molecular weight excluding hydrogens is 278 g/mol. The van der Waals surface area contributed by atoms with Crippen molar-refractivity contribution in [3.8, 4) is 0 Å². The normalized spacial score (nSPS) is 20.0. The number of rotatable bonds is 7. The summed E-state index contributed by atoms with van der Waals surface area (Å²) in [6, 6.07) is -1.39. The molecule has 21 heavy (non-hydrogen) atoms. The molecule has 1 aliphatic heterocycles. The first-order valence-corrected chi connectivity index (χ1v) is 6.97. The molecule has 1 saturated heterocycles. The van der Waals surface area contributed by atoms with Crippen LogP contribution in [0.2, 0.25) is 0 Å². The SMILES string of the molecule is CN(CC1CCCN1C)C(=O)N[C@@H](CCC(=O)O)C(=O)O. The number of hydrogen-bond acceptors (Lipinski definition) is 4. The minimum Gasteiger partial charge on any atom is -0.481 e. The first-order valence-electron chi connectivity index (χ1n) is 6.97. The van der Waals surface area contributed by atoms with E-state index in [1.807, 2.05) is 7.05 Å². The van der Waals surface area contributed by atoms with Crippen molar-refractivity contribution in [3.05, 3.63) is 0 Å². The highest BCUT2D eigenvalue weighted by Gasteiger charge is 2.26. The molecule has 0 aliphatic carbocycles. The van der Waals surface area contributed by atoms with Crippen LogP contribution in [0.1, 0.15) is 25.7 Å². The zero-order chi connectivity index (χ0) is 16.0. The zero-order valence-electron chi connectivity index (χ0n) is 12.4. The van der Waals surface area contributed by atoms with E-state index in [0.717, 1.165) is 19.4 Å². The highest BCUT2D eigenvalue weighted by molar-refractivity contribution is 5.83. The Morgan fingerprint density at radius 3 is 2.52 bits per heavy atom. The molecule has 120 valence electrons. The zero-order valence-corrected chi connectivity index (χ0v) is 12.4. The number of nitrogens with one attached hydrogen (secondary N) is 1. The molecular formula is C13H23N3O5. The Kier molecular flexibility index (Phi) is 6.41. The maximum absolute atomic E-state index is 12.0. The first kappa shape index (κ1) is 17.2. The fourth-order valence-electron chi connectivity index (χ4n) is 2.39. The van der Waals surface area contributed by atoms with Crippen molar-refractivity contribution in [1.29, 1.82) is 0 Å². The minimum absolute atomic E-state index is 0.131. The third-order valence-corrected chi connectivity index (χ3v) is 3.75. The fourth-order valence-corrected chi connectivity index (χ4v) is 2.39. The average molecular weight is 301 g/mol. The summed E-state index contributed by atoms with van der Waals surface area (Å²) in [7, 11) is 3.61. The molecule has 1 aliphatic rings. The van der Waals surface area contributed by atoms with Gasteiger partial charge in [0, 0.05) is 26.1 Å². The Balaban J connectivity index is 2.47. The third-order valence-electron chi connectivity index (χ3n) is 3.75. The Bertz CT molecular complexity index is 401. The summed E-state index contributed by atoms with van der Waals surface area (Å²) in [5, 5.41) is 20.0. The number of nitrogens with zero attached hydrogens (tertiary/aromatic N) is 2. The van der Waals surface area contributed by atoms with E-state index in [4.69, 9.17) is 10.2 Å². The molecule has 1 rings (SSSR count). The lowest BCUT2D eigenvalue weighted by atomic mass is 10.1. The smallest absolute Gasteiger partial charge is 0.326 e. The van der Waals surface area contributed by atoms with Gasteiger partial charge in [-0.15, -0.1) is 0 Å². The highest BCUT2D eigenvalue weighted by Crippen LogP contribution is 2.15. The molecule has 0 radical (unpaired) electrons. The van der Waals surface area contributed by atoms with Crippen molar-refractivity contribution in [2.75, 3.05) is 27.2 Å². The van der Waals surface area contributed by atoms with Crippen LogP contribution in [0.25, 0.3) is 0 Å². The molecule has 8 heteroatoms. The van der Waals surface area contributed by atoms with Gasteiger partial charge in [-0.2, -0.15) is 0 Å². The first-order chi connectivity index (χ1) is 9.81. The van der Waals surface area contributed by atoms with E-state index in [0.29, 0.717) is 6.54 Å². The number of carbonyl (C=O) groups is 3. The Morgan fingerprint density at radius 1 is 1.38 bits per heavy atom. The second-order valence-corrected chi connectivity index (χ2v) is 5.43. The molecule has 1 heterocycles. The summed E-state index contributed by atoms with van der Waals surface area (Å²) < 4.78 is 0. The average Bonchev–Trinajstić information content (AvgIpc) is 2.79. The van der Waals surface area contributed by atoms with E-state index in [2.05, 4.69) is 10.2 Å². The van der Waals surface area contributed by atoms with E-state index in [1.54, 1.807) is 7.05 Å². The molecule has 2 atom stereocenters. The molecule has 1 unspecified atom stereocenters. The van der Waals surface area contributed by atoms with E-state index >= 15 is 0 Å². The molecule has 1 fully saturated rings. The molecule has 2 amide bonds. The number of likely N-dealkylation sites (tertiary alicyclic amines) is 1. The molecule has 0 spiro atoms. The van der Waals surface area contributed by atoms with Crippen molar-refractivity contribution in [1.82, 2.24) is 15.1 Å². The fraction of sp³-hybridized carbons (Fsp3) is 0.769. The number of carboxylic acid groups (broad SMARTS) is 2. The number of hydrogen-bond donors (Lipinski definition) is 3. The standard InChI is InChI=1S/C13H23N3O5/c1-15-7-3-4-9(15)8-16(2)13(21)14-10(12(19)20)5-6-11(17)18/h9-10H,3-8H2,1-2H3,(H,14,21)(H,17,18)(H,19,20)/t9?,10-/m0/s1. The molecule has 8 nitrogen and oxygen atoms in total. The van der Waals surface area contributed by atoms with Gasteiger partial charge in [0.05, 0.1) is 0 Å². The van der Waals surface area contributed by atoms with Crippen LogP contribution in [0.4, 0.5) is 4.79 Å². The second kappa shape index (κ2) is 7.82. The van der Waals surface area contributed by atoms with Gasteiger partial charge in [0.1, 0.15) is 6.04 Å². The quantitative estimate of drug-likeness (QED) is 0.612. The third kappa shape index (κ3) is 5.58. The van der Waals surface area contributed by atoms with E-state index in [9.17, 15) is 14.4 Å². The lowest BCUT2D eigenvalue weighted by Gasteiger charge is -2.27. The van der Waals surface area contributed by atoms with Crippen LogP contribution in [0, 0.1) is 0 Å². The van der Waals surface area contributed by atoms with Gasteiger partial charge in [0.2, 0.25) is 0 Å². The molecule has 0 aromatic heterocycles. The van der Waals surface area contributed by atoms with Crippen molar-refractivity contribution < 1.29 is 24.6 Å². The van der Waals surface area contributed by atoms with Gasteiger partial charge in [0.15, 0.2) is 0 Å². The summed E-state index contributed by atoms with van der Waals surface area (Å²) >= 11 is 0. The Hall–Kier alpha value is -1.83. The van der Waals surface area contributed by atoms with Crippen LogP contribution in [0.3, 0.4) is 0 Å². The van der Waals surface area contributed by atoms with Crippen LogP contribution in [-0.4, -0.2) is 77.3 Å². The van der Waals surface area contributed by atoms with Crippen LogP contribution < -0.4 is 5.32 Å². The van der Waals surface area contributed by atoms with Gasteiger partial charge in [-0.25, -0.2) is 9.59 Å². The number of urea groups is 1. The minimum atomic E-state index is -1.23. The number of aliphatic carboxylic acids is 2. The second-order valence-electron chi connectivity index (χ2n) is 5.43.